The lowest BCUT2D eigenvalue weighted by atomic mass is 9.74. The molecular weight excluding hydrogens is 438 g/mol. The molecule has 0 unspecified atom stereocenters. The molecule has 7 heteroatoms. The second-order valence-corrected chi connectivity index (χ2v) is 9.05. The van der Waals surface area contributed by atoms with Gasteiger partial charge in [-0.15, -0.1) is 0 Å². The van der Waals surface area contributed by atoms with Gasteiger partial charge in [-0.2, -0.15) is 5.10 Å². The number of benzene rings is 2. The van der Waals surface area contributed by atoms with Gasteiger partial charge in [-0.3, -0.25) is 4.79 Å². The van der Waals surface area contributed by atoms with E-state index in [-0.39, 0.29) is 11.3 Å². The summed E-state index contributed by atoms with van der Waals surface area (Å²) in [5, 5.41) is 8.53. The van der Waals surface area contributed by atoms with E-state index >= 15 is 0 Å². The van der Waals surface area contributed by atoms with E-state index in [1.807, 2.05) is 54.9 Å². The number of aryl methyl sites for hydroxylation is 1. The number of nitrogens with zero attached hydrogens (tertiary/aromatic N) is 2. The van der Waals surface area contributed by atoms with Crippen molar-refractivity contribution in [2.24, 2.45) is 0 Å². The summed E-state index contributed by atoms with van der Waals surface area (Å²) in [6, 6.07) is 15.7. The third kappa shape index (κ3) is 5.07. The zero-order valence-electron chi connectivity index (χ0n) is 19.4. The van der Waals surface area contributed by atoms with Gasteiger partial charge in [0.05, 0.1) is 24.9 Å². The number of amides is 1. The largest absolute Gasteiger partial charge is 0.497 e. The highest BCUT2D eigenvalue weighted by Crippen LogP contribution is 2.35. The molecule has 1 aromatic heterocycles. The molecule has 0 bridgehead atoms. The summed E-state index contributed by atoms with van der Waals surface area (Å²) in [6.45, 7) is 5.89. The summed E-state index contributed by atoms with van der Waals surface area (Å²) in [5.41, 5.74) is 4.75. The quantitative estimate of drug-likeness (QED) is 0.553. The first kappa shape index (κ1) is 23.3. The Labute approximate surface area is 199 Å². The molecule has 33 heavy (non-hydrogen) atoms. The van der Waals surface area contributed by atoms with Crippen LogP contribution in [0.25, 0.3) is 5.69 Å². The van der Waals surface area contributed by atoms with E-state index in [1.165, 1.54) is 5.56 Å². The standard InChI is InChI=1S/C26H30ClN3O3/c1-18-24(19(2)30(29-18)22-8-6-21(27)7-9-22)16-25(31)28-17-26(12-14-33-15-13-26)20-4-10-23(32-3)11-5-20/h4-11H,12-17H2,1-3H3,(H,28,31). The van der Waals surface area contributed by atoms with Crippen LogP contribution in [0.5, 0.6) is 5.75 Å². The highest BCUT2D eigenvalue weighted by Gasteiger charge is 2.35. The van der Waals surface area contributed by atoms with Crippen molar-refractivity contribution in [1.82, 2.24) is 15.1 Å². The van der Waals surface area contributed by atoms with Crippen molar-refractivity contribution in [3.8, 4) is 11.4 Å². The van der Waals surface area contributed by atoms with Crippen LogP contribution in [0.1, 0.15) is 35.4 Å². The Hall–Kier alpha value is -2.83. The van der Waals surface area contributed by atoms with E-state index in [0.717, 1.165) is 41.2 Å². The fourth-order valence-electron chi connectivity index (χ4n) is 4.53. The van der Waals surface area contributed by atoms with Crippen molar-refractivity contribution in [2.75, 3.05) is 26.9 Å². The number of hydrogen-bond donors (Lipinski definition) is 1. The number of hydrogen-bond acceptors (Lipinski definition) is 4. The van der Waals surface area contributed by atoms with Gasteiger partial charge in [-0.05, 0) is 68.7 Å². The molecular formula is C26H30ClN3O3. The van der Waals surface area contributed by atoms with Crippen molar-refractivity contribution >= 4 is 17.5 Å². The third-order valence-corrected chi connectivity index (χ3v) is 6.88. The van der Waals surface area contributed by atoms with Gasteiger partial charge in [0.15, 0.2) is 0 Å². The van der Waals surface area contributed by atoms with Crippen LogP contribution in [0.4, 0.5) is 0 Å². The van der Waals surface area contributed by atoms with E-state index < -0.39 is 0 Å². The first-order valence-corrected chi connectivity index (χ1v) is 11.6. The number of carbonyl (C=O) groups excluding carboxylic acids is 1. The SMILES string of the molecule is COc1ccc(C2(CNC(=O)Cc3c(C)nn(-c4ccc(Cl)cc4)c3C)CCOCC2)cc1. The van der Waals surface area contributed by atoms with E-state index in [1.54, 1.807) is 7.11 Å². The molecule has 0 saturated carbocycles. The molecule has 2 heterocycles. The van der Waals surface area contributed by atoms with Crippen molar-refractivity contribution in [2.45, 2.75) is 38.5 Å². The fourth-order valence-corrected chi connectivity index (χ4v) is 4.66. The van der Waals surface area contributed by atoms with Gasteiger partial charge in [0, 0.05) is 41.5 Å². The van der Waals surface area contributed by atoms with Crippen molar-refractivity contribution in [3.63, 3.8) is 0 Å². The predicted molar refractivity (Wildman–Crippen MR) is 129 cm³/mol. The van der Waals surface area contributed by atoms with Crippen LogP contribution in [0.3, 0.4) is 0 Å². The second-order valence-electron chi connectivity index (χ2n) is 8.61. The number of methoxy groups -OCH3 is 1. The van der Waals surface area contributed by atoms with Crippen LogP contribution in [0, 0.1) is 13.8 Å². The Morgan fingerprint density at radius 3 is 2.42 bits per heavy atom. The Kier molecular flexibility index (Phi) is 7.05. The summed E-state index contributed by atoms with van der Waals surface area (Å²) in [5.74, 6) is 0.824. The maximum atomic E-state index is 13.0. The first-order chi connectivity index (χ1) is 15.9. The fraction of sp³-hybridized carbons (Fsp3) is 0.385. The average molecular weight is 468 g/mol. The number of rotatable bonds is 7. The number of ether oxygens (including phenoxy) is 2. The molecule has 1 fully saturated rings. The Bertz CT molecular complexity index is 1100. The molecule has 0 radical (unpaired) electrons. The smallest absolute Gasteiger partial charge is 0.224 e. The van der Waals surface area contributed by atoms with Gasteiger partial charge in [-0.25, -0.2) is 4.68 Å². The zero-order chi connectivity index (χ0) is 23.4. The van der Waals surface area contributed by atoms with Crippen LogP contribution < -0.4 is 10.1 Å². The van der Waals surface area contributed by atoms with Gasteiger partial charge in [0.1, 0.15) is 5.75 Å². The highest BCUT2D eigenvalue weighted by molar-refractivity contribution is 6.30. The monoisotopic (exact) mass is 467 g/mol. The Morgan fingerprint density at radius 2 is 1.79 bits per heavy atom. The third-order valence-electron chi connectivity index (χ3n) is 6.63. The van der Waals surface area contributed by atoms with Gasteiger partial charge < -0.3 is 14.8 Å². The molecule has 0 aliphatic carbocycles. The summed E-state index contributed by atoms with van der Waals surface area (Å²) < 4.78 is 12.8. The lowest BCUT2D eigenvalue weighted by Gasteiger charge is -2.38. The van der Waals surface area contributed by atoms with Crippen molar-refractivity contribution in [1.29, 1.82) is 0 Å². The van der Waals surface area contributed by atoms with Gasteiger partial charge in [0.25, 0.3) is 0 Å². The van der Waals surface area contributed by atoms with Crippen LogP contribution in [0.15, 0.2) is 48.5 Å². The second kappa shape index (κ2) is 9.98. The highest BCUT2D eigenvalue weighted by atomic mass is 35.5. The zero-order valence-corrected chi connectivity index (χ0v) is 20.1. The lowest BCUT2D eigenvalue weighted by molar-refractivity contribution is -0.121. The van der Waals surface area contributed by atoms with E-state index in [4.69, 9.17) is 21.1 Å². The Morgan fingerprint density at radius 1 is 1.12 bits per heavy atom. The minimum Gasteiger partial charge on any atom is -0.497 e. The van der Waals surface area contributed by atoms with E-state index in [9.17, 15) is 4.79 Å². The number of aromatic nitrogens is 2. The average Bonchev–Trinajstić information content (AvgIpc) is 3.12. The maximum absolute atomic E-state index is 13.0. The van der Waals surface area contributed by atoms with Crippen molar-refractivity contribution < 1.29 is 14.3 Å². The lowest BCUT2D eigenvalue weighted by Crippen LogP contribution is -2.45. The van der Waals surface area contributed by atoms with Gasteiger partial charge in [-0.1, -0.05) is 23.7 Å². The van der Waals surface area contributed by atoms with Crippen LogP contribution >= 0.6 is 11.6 Å². The summed E-state index contributed by atoms with van der Waals surface area (Å²) in [4.78, 5) is 13.0. The molecule has 6 nitrogen and oxygen atoms in total. The van der Waals surface area contributed by atoms with Crippen LogP contribution in [-0.4, -0.2) is 42.6 Å². The van der Waals surface area contributed by atoms with Gasteiger partial charge >= 0.3 is 0 Å². The molecule has 3 aromatic rings. The summed E-state index contributed by atoms with van der Waals surface area (Å²) in [7, 11) is 1.67. The molecule has 174 valence electrons. The van der Waals surface area contributed by atoms with E-state index in [0.29, 0.717) is 31.2 Å². The maximum Gasteiger partial charge on any atom is 0.224 e. The minimum absolute atomic E-state index is 0.00349. The summed E-state index contributed by atoms with van der Waals surface area (Å²) in [6.07, 6.45) is 2.03. The molecule has 1 saturated heterocycles. The Balaban J connectivity index is 1.48. The summed E-state index contributed by atoms with van der Waals surface area (Å²) >= 11 is 6.02. The molecule has 2 aromatic carbocycles. The predicted octanol–water partition coefficient (Wildman–Crippen LogP) is 4.56. The first-order valence-electron chi connectivity index (χ1n) is 11.2. The minimum atomic E-state index is -0.141. The molecule has 1 amide bonds. The molecule has 0 spiro atoms. The van der Waals surface area contributed by atoms with Crippen molar-refractivity contribution in [3.05, 3.63) is 76.1 Å². The van der Waals surface area contributed by atoms with E-state index in [2.05, 4.69) is 22.5 Å². The molecule has 4 rings (SSSR count). The molecule has 0 atom stereocenters. The topological polar surface area (TPSA) is 65.4 Å². The number of nitrogens with one attached hydrogen (secondary N) is 1. The normalized spacial score (nSPS) is 15.3. The van der Waals surface area contributed by atoms with Gasteiger partial charge in [0.2, 0.25) is 5.91 Å². The molecule has 1 aliphatic rings. The van der Waals surface area contributed by atoms with Crippen LogP contribution in [0.2, 0.25) is 5.02 Å². The number of halogens is 1. The molecule has 1 aliphatic heterocycles. The van der Waals surface area contributed by atoms with Crippen LogP contribution in [-0.2, 0) is 21.4 Å². The number of carbonyl (C=O) groups is 1. The molecule has 1 N–H and O–H groups in total.